The van der Waals surface area contributed by atoms with Crippen molar-refractivity contribution in [1.82, 2.24) is 19.8 Å². The minimum atomic E-state index is -0.290. The molecular weight excluding hydrogens is 389 g/mol. The van der Waals surface area contributed by atoms with Crippen LogP contribution in [0.5, 0.6) is 11.5 Å². The second-order valence-corrected chi connectivity index (χ2v) is 7.19. The van der Waals surface area contributed by atoms with E-state index >= 15 is 0 Å². The van der Waals surface area contributed by atoms with Crippen molar-refractivity contribution in [1.29, 1.82) is 0 Å². The van der Waals surface area contributed by atoms with Gasteiger partial charge in [-0.1, -0.05) is 5.16 Å². The second kappa shape index (κ2) is 7.01. The molecule has 1 aliphatic heterocycles. The van der Waals surface area contributed by atoms with Crippen molar-refractivity contribution in [3.05, 3.63) is 52.9 Å². The van der Waals surface area contributed by atoms with Crippen LogP contribution in [0.25, 0.3) is 16.8 Å². The first kappa shape index (κ1) is 18.4. The molecule has 1 N–H and O–H groups in total. The minimum absolute atomic E-state index is 0.253. The van der Waals surface area contributed by atoms with Gasteiger partial charge in [-0.15, -0.1) is 10.2 Å². The van der Waals surface area contributed by atoms with Gasteiger partial charge in [-0.25, -0.2) is 4.39 Å². The molecule has 0 aliphatic carbocycles. The van der Waals surface area contributed by atoms with Crippen LogP contribution < -0.4 is 14.8 Å². The Kier molecular flexibility index (Phi) is 4.30. The van der Waals surface area contributed by atoms with E-state index in [1.807, 2.05) is 26.8 Å². The Balaban J connectivity index is 1.68. The summed E-state index contributed by atoms with van der Waals surface area (Å²) in [5, 5.41) is 15.7. The predicted molar refractivity (Wildman–Crippen MR) is 107 cm³/mol. The highest BCUT2D eigenvalue weighted by Crippen LogP contribution is 2.37. The third kappa shape index (κ3) is 2.85. The molecule has 0 radical (unpaired) electrons. The van der Waals surface area contributed by atoms with Crippen molar-refractivity contribution in [3.63, 3.8) is 0 Å². The summed E-state index contributed by atoms with van der Waals surface area (Å²) in [5.41, 5.74) is 4.31. The van der Waals surface area contributed by atoms with Gasteiger partial charge in [0.25, 0.3) is 0 Å². The van der Waals surface area contributed by atoms with E-state index in [1.54, 1.807) is 16.8 Å². The molecule has 0 spiro atoms. The molecule has 154 valence electrons. The first-order valence-corrected chi connectivity index (χ1v) is 9.62. The van der Waals surface area contributed by atoms with Crippen LogP contribution in [-0.4, -0.2) is 33.0 Å². The van der Waals surface area contributed by atoms with Gasteiger partial charge in [0.2, 0.25) is 0 Å². The Hall–Kier alpha value is -3.62. The predicted octanol–water partition coefficient (Wildman–Crippen LogP) is 3.83. The van der Waals surface area contributed by atoms with E-state index in [9.17, 15) is 4.39 Å². The van der Waals surface area contributed by atoms with Crippen LogP contribution in [0.15, 0.2) is 29.0 Å². The number of aryl methyl sites for hydroxylation is 2. The number of pyridine rings is 1. The monoisotopic (exact) mass is 409 g/mol. The van der Waals surface area contributed by atoms with Crippen LogP contribution in [0.3, 0.4) is 0 Å². The zero-order valence-corrected chi connectivity index (χ0v) is 16.8. The van der Waals surface area contributed by atoms with Gasteiger partial charge < -0.3 is 19.3 Å². The quantitative estimate of drug-likeness (QED) is 0.511. The van der Waals surface area contributed by atoms with Gasteiger partial charge in [-0.3, -0.25) is 4.40 Å². The highest BCUT2D eigenvalue weighted by Gasteiger charge is 2.22. The number of rotatable bonds is 1. The lowest BCUT2D eigenvalue weighted by Crippen LogP contribution is -2.11. The lowest BCUT2D eigenvalue weighted by molar-refractivity contribution is 0.216. The van der Waals surface area contributed by atoms with Gasteiger partial charge in [0, 0.05) is 17.7 Å². The standard InChI is InChI=1S/C21H20FN5O3/c1-11-15-9-23-21-18(29-7-6-28-17(11)5-4-16(15)22)8-14(20-25-24-10-27(20)21)19-12(2)26-30-13(19)3/h4-5,8,10,23H,6-7,9H2,1-3H3. The van der Waals surface area contributed by atoms with E-state index in [0.29, 0.717) is 47.5 Å². The first-order chi connectivity index (χ1) is 14.5. The number of anilines is 1. The number of ether oxygens (including phenoxy) is 2. The molecular formula is C21H20FN5O3. The summed E-state index contributed by atoms with van der Waals surface area (Å²) in [6.07, 6.45) is 1.60. The average molecular weight is 409 g/mol. The number of hydrogen-bond acceptors (Lipinski definition) is 7. The topological polar surface area (TPSA) is 86.7 Å². The van der Waals surface area contributed by atoms with E-state index < -0.39 is 0 Å². The fraction of sp³-hybridized carbons (Fsp3) is 0.286. The van der Waals surface area contributed by atoms with Gasteiger partial charge in [-0.05, 0) is 44.5 Å². The van der Waals surface area contributed by atoms with Crippen molar-refractivity contribution in [3.8, 4) is 22.6 Å². The molecule has 0 unspecified atom stereocenters. The van der Waals surface area contributed by atoms with Gasteiger partial charge in [0.05, 0.1) is 11.3 Å². The number of nitrogens with zero attached hydrogens (tertiary/aromatic N) is 4. The largest absolute Gasteiger partial charge is 0.490 e. The lowest BCUT2D eigenvalue weighted by atomic mass is 10.0. The molecule has 30 heavy (non-hydrogen) atoms. The molecule has 5 rings (SSSR count). The van der Waals surface area contributed by atoms with Crippen molar-refractivity contribution < 1.29 is 18.4 Å². The maximum absolute atomic E-state index is 14.5. The normalized spacial score (nSPS) is 13.7. The number of halogens is 1. The van der Waals surface area contributed by atoms with E-state index in [2.05, 4.69) is 20.7 Å². The number of fused-ring (bicyclic) bond motifs is 5. The van der Waals surface area contributed by atoms with E-state index in [0.717, 1.165) is 22.4 Å². The third-order valence-corrected chi connectivity index (χ3v) is 5.36. The average Bonchev–Trinajstić information content (AvgIpc) is 3.33. The molecule has 1 aromatic carbocycles. The molecule has 2 bridgehead atoms. The molecule has 0 saturated heterocycles. The molecule has 0 saturated carbocycles. The Morgan fingerprint density at radius 3 is 2.67 bits per heavy atom. The summed E-state index contributed by atoms with van der Waals surface area (Å²) in [6, 6.07) is 4.95. The van der Waals surface area contributed by atoms with Gasteiger partial charge in [0.15, 0.2) is 17.2 Å². The second-order valence-electron chi connectivity index (χ2n) is 7.19. The highest BCUT2D eigenvalue weighted by molar-refractivity contribution is 5.83. The van der Waals surface area contributed by atoms with E-state index in [4.69, 9.17) is 14.0 Å². The fourth-order valence-electron chi connectivity index (χ4n) is 3.85. The van der Waals surface area contributed by atoms with Crippen LogP contribution in [0.1, 0.15) is 22.6 Å². The number of hydrogen-bond donors (Lipinski definition) is 1. The molecule has 0 amide bonds. The van der Waals surface area contributed by atoms with Crippen molar-refractivity contribution in [2.75, 3.05) is 18.5 Å². The van der Waals surface area contributed by atoms with Gasteiger partial charge >= 0.3 is 0 Å². The number of benzene rings is 1. The van der Waals surface area contributed by atoms with Crippen molar-refractivity contribution in [2.45, 2.75) is 27.3 Å². The SMILES string of the molecule is Cc1noc(C)c1-c1cc2c(n3cnnc13)NCc1c(F)ccc(c1C)OCCO2. The first-order valence-electron chi connectivity index (χ1n) is 9.62. The maximum Gasteiger partial charge on any atom is 0.170 e. The fourth-order valence-corrected chi connectivity index (χ4v) is 3.85. The smallest absolute Gasteiger partial charge is 0.170 e. The Morgan fingerprint density at radius 2 is 1.90 bits per heavy atom. The van der Waals surface area contributed by atoms with E-state index in [1.165, 1.54) is 6.07 Å². The van der Waals surface area contributed by atoms with Gasteiger partial charge in [0.1, 0.15) is 36.9 Å². The summed E-state index contributed by atoms with van der Waals surface area (Å²) in [5.74, 6) is 2.25. The van der Waals surface area contributed by atoms with E-state index in [-0.39, 0.29) is 12.4 Å². The molecule has 0 fully saturated rings. The zero-order chi connectivity index (χ0) is 20.8. The molecule has 0 atom stereocenters. The number of nitrogens with one attached hydrogen (secondary N) is 1. The maximum atomic E-state index is 14.5. The summed E-state index contributed by atoms with van der Waals surface area (Å²) in [4.78, 5) is 0. The van der Waals surface area contributed by atoms with Gasteiger partial charge in [-0.2, -0.15) is 0 Å². The zero-order valence-electron chi connectivity index (χ0n) is 16.8. The van der Waals surface area contributed by atoms with Crippen molar-refractivity contribution in [2.24, 2.45) is 0 Å². The van der Waals surface area contributed by atoms with Crippen LogP contribution in [-0.2, 0) is 6.54 Å². The number of aromatic nitrogens is 4. The van der Waals surface area contributed by atoms with Crippen LogP contribution in [0, 0.1) is 26.6 Å². The van der Waals surface area contributed by atoms with Crippen LogP contribution in [0.4, 0.5) is 10.2 Å². The third-order valence-electron chi connectivity index (χ3n) is 5.36. The molecule has 4 aromatic rings. The summed E-state index contributed by atoms with van der Waals surface area (Å²) in [7, 11) is 0. The molecule has 4 heterocycles. The van der Waals surface area contributed by atoms with Crippen molar-refractivity contribution >= 4 is 11.5 Å². The Labute approximate surface area is 171 Å². The van der Waals surface area contributed by atoms with Crippen LogP contribution in [0.2, 0.25) is 0 Å². The summed E-state index contributed by atoms with van der Waals surface area (Å²) in [6.45, 7) is 6.47. The lowest BCUT2D eigenvalue weighted by Gasteiger charge is -2.17. The summed E-state index contributed by atoms with van der Waals surface area (Å²) >= 11 is 0. The molecule has 1 aliphatic rings. The molecule has 3 aromatic heterocycles. The minimum Gasteiger partial charge on any atom is -0.490 e. The molecule has 9 heteroatoms. The highest BCUT2D eigenvalue weighted by atomic mass is 19.1. The Morgan fingerprint density at radius 1 is 1.10 bits per heavy atom. The Bertz CT molecular complexity index is 1240. The summed E-state index contributed by atoms with van der Waals surface area (Å²) < 4.78 is 33.5. The van der Waals surface area contributed by atoms with Crippen LogP contribution >= 0.6 is 0 Å². The molecule has 8 nitrogen and oxygen atoms in total.